The van der Waals surface area contributed by atoms with Crippen LogP contribution in [0.1, 0.15) is 29.6 Å². The zero-order valence-electron chi connectivity index (χ0n) is 16.0. The van der Waals surface area contributed by atoms with Crippen molar-refractivity contribution < 1.29 is 14.2 Å². The summed E-state index contributed by atoms with van der Waals surface area (Å²) in [5.74, 6) is 1.41. The Balaban J connectivity index is 1.52. The lowest BCUT2D eigenvalue weighted by Crippen LogP contribution is -2.21. The van der Waals surface area contributed by atoms with Crippen LogP contribution in [0.2, 0.25) is 0 Å². The first kappa shape index (κ1) is 18.7. The third-order valence-corrected chi connectivity index (χ3v) is 5.65. The van der Waals surface area contributed by atoms with Gasteiger partial charge in [-0.3, -0.25) is 4.68 Å². The quantitative estimate of drug-likeness (QED) is 0.611. The van der Waals surface area contributed by atoms with Crippen LogP contribution in [0.5, 0.6) is 11.5 Å². The molecule has 1 aliphatic heterocycles. The van der Waals surface area contributed by atoms with Crippen LogP contribution in [0.3, 0.4) is 0 Å². The van der Waals surface area contributed by atoms with Gasteiger partial charge in [0.15, 0.2) is 11.5 Å². The lowest BCUT2D eigenvalue weighted by molar-refractivity contribution is 0.0661. The number of benzene rings is 1. The Morgan fingerprint density at radius 1 is 1.11 bits per heavy atom. The summed E-state index contributed by atoms with van der Waals surface area (Å²) in [4.78, 5) is 4.74. The maximum absolute atomic E-state index is 5.46. The van der Waals surface area contributed by atoms with E-state index in [1.165, 1.54) is 0 Å². The van der Waals surface area contributed by atoms with Crippen LogP contribution < -0.4 is 9.47 Å². The average molecular weight is 398 g/mol. The van der Waals surface area contributed by atoms with E-state index in [0.29, 0.717) is 17.5 Å². The van der Waals surface area contributed by atoms with E-state index in [1.807, 2.05) is 36.5 Å². The van der Waals surface area contributed by atoms with E-state index in [-0.39, 0.29) is 0 Å². The molecule has 1 fully saturated rings. The van der Waals surface area contributed by atoms with Crippen molar-refractivity contribution in [1.82, 2.24) is 14.8 Å². The van der Waals surface area contributed by atoms with E-state index in [2.05, 4.69) is 21.2 Å². The number of ether oxygens (including phenoxy) is 3. The summed E-state index contributed by atoms with van der Waals surface area (Å²) < 4.78 is 18.3. The number of hydrogen-bond donors (Lipinski definition) is 0. The Morgan fingerprint density at radius 2 is 1.93 bits per heavy atom. The van der Waals surface area contributed by atoms with Crippen LogP contribution in [-0.4, -0.2) is 42.2 Å². The van der Waals surface area contributed by atoms with Crippen LogP contribution in [0.4, 0.5) is 0 Å². The minimum absolute atomic E-state index is 0.405. The minimum Gasteiger partial charge on any atom is -0.493 e. The molecule has 0 saturated carbocycles. The first-order valence-electron chi connectivity index (χ1n) is 9.26. The molecule has 0 atom stereocenters. The summed E-state index contributed by atoms with van der Waals surface area (Å²) in [5.41, 5.74) is 3.01. The molecular weight excluding hydrogens is 374 g/mol. The maximum Gasteiger partial charge on any atom is 0.161 e. The van der Waals surface area contributed by atoms with Gasteiger partial charge >= 0.3 is 0 Å². The van der Waals surface area contributed by atoms with Gasteiger partial charge in [-0.25, -0.2) is 4.98 Å². The predicted molar refractivity (Wildman–Crippen MR) is 111 cm³/mol. The Bertz CT molecular complexity index is 957. The van der Waals surface area contributed by atoms with Crippen LogP contribution in [0.15, 0.2) is 35.8 Å². The molecular formula is C21H23N3O3S. The fraction of sp³-hybridized carbons (Fsp3) is 0.333. The highest BCUT2D eigenvalue weighted by Crippen LogP contribution is 2.33. The van der Waals surface area contributed by atoms with Gasteiger partial charge in [-0.2, -0.15) is 5.10 Å². The van der Waals surface area contributed by atoms with Crippen molar-refractivity contribution in [2.75, 3.05) is 27.4 Å². The van der Waals surface area contributed by atoms with Gasteiger partial charge in [0, 0.05) is 30.4 Å². The fourth-order valence-electron chi connectivity index (χ4n) is 3.34. The Kier molecular flexibility index (Phi) is 5.73. The number of rotatable bonds is 6. The molecule has 7 heteroatoms. The van der Waals surface area contributed by atoms with Gasteiger partial charge in [-0.05, 0) is 49.3 Å². The van der Waals surface area contributed by atoms with E-state index in [0.717, 1.165) is 48.0 Å². The van der Waals surface area contributed by atoms with Crippen molar-refractivity contribution >= 4 is 23.5 Å². The van der Waals surface area contributed by atoms with E-state index >= 15 is 0 Å². The Morgan fingerprint density at radius 3 is 2.71 bits per heavy atom. The number of nitrogens with zero attached hydrogens (tertiary/aromatic N) is 3. The monoisotopic (exact) mass is 397 g/mol. The summed E-state index contributed by atoms with van der Waals surface area (Å²) in [6, 6.07) is 8.28. The van der Waals surface area contributed by atoms with Crippen LogP contribution in [-0.2, 0) is 4.74 Å². The van der Waals surface area contributed by atoms with Crippen LogP contribution in [0.25, 0.3) is 23.4 Å². The molecule has 0 N–H and O–H groups in total. The lowest BCUT2D eigenvalue weighted by Gasteiger charge is -2.23. The van der Waals surface area contributed by atoms with Gasteiger partial charge < -0.3 is 14.2 Å². The summed E-state index contributed by atoms with van der Waals surface area (Å²) in [6.07, 6.45) is 7.99. The summed E-state index contributed by atoms with van der Waals surface area (Å²) in [5, 5.41) is 7.51. The van der Waals surface area contributed by atoms with Crippen molar-refractivity contribution in [2.24, 2.45) is 0 Å². The van der Waals surface area contributed by atoms with Gasteiger partial charge in [0.05, 0.1) is 31.6 Å². The highest BCUT2D eigenvalue weighted by atomic mass is 32.1. The Hall–Kier alpha value is -2.64. The molecule has 1 aromatic carbocycles. The molecule has 0 unspecified atom stereocenters. The zero-order valence-corrected chi connectivity index (χ0v) is 16.8. The van der Waals surface area contributed by atoms with Crippen molar-refractivity contribution in [2.45, 2.75) is 18.9 Å². The molecule has 3 aromatic rings. The molecule has 146 valence electrons. The fourth-order valence-corrected chi connectivity index (χ4v) is 4.06. The van der Waals surface area contributed by atoms with Crippen LogP contribution >= 0.6 is 11.3 Å². The maximum atomic E-state index is 5.46. The molecule has 0 spiro atoms. The molecule has 2 aromatic heterocycles. The first-order chi connectivity index (χ1) is 13.8. The third kappa shape index (κ3) is 3.95. The van der Waals surface area contributed by atoms with E-state index in [1.54, 1.807) is 25.6 Å². The van der Waals surface area contributed by atoms with Gasteiger partial charge in [0.1, 0.15) is 5.01 Å². The molecule has 4 rings (SSSR count). The summed E-state index contributed by atoms with van der Waals surface area (Å²) in [6.45, 7) is 1.60. The molecule has 1 saturated heterocycles. The number of hydrogen-bond acceptors (Lipinski definition) is 6. The molecule has 0 bridgehead atoms. The van der Waals surface area contributed by atoms with Gasteiger partial charge in [-0.1, -0.05) is 0 Å². The normalized spacial score (nSPS) is 15.2. The molecule has 1 aliphatic rings. The van der Waals surface area contributed by atoms with Gasteiger partial charge in [0.25, 0.3) is 0 Å². The number of thiazole rings is 1. The molecule has 0 aliphatic carbocycles. The average Bonchev–Trinajstić information content (AvgIpc) is 3.42. The lowest BCUT2D eigenvalue weighted by atomic mass is 10.1. The number of methoxy groups -OCH3 is 2. The minimum atomic E-state index is 0.405. The standard InChI is InChI=1S/C21H23N3O3S/c1-25-19-5-3-15(13-20(19)26-2)18-14-28-21(23-18)6-4-16-7-10-22-24(16)17-8-11-27-12-9-17/h3-7,10,13-14,17H,8-9,11-12H2,1-2H3/b6-4+. The smallest absolute Gasteiger partial charge is 0.161 e. The van der Waals surface area contributed by atoms with E-state index in [4.69, 9.17) is 19.2 Å². The molecule has 0 amide bonds. The molecule has 0 radical (unpaired) electrons. The molecule has 28 heavy (non-hydrogen) atoms. The largest absolute Gasteiger partial charge is 0.493 e. The third-order valence-electron chi connectivity index (χ3n) is 4.84. The molecule has 3 heterocycles. The van der Waals surface area contributed by atoms with E-state index < -0.39 is 0 Å². The second kappa shape index (κ2) is 8.58. The van der Waals surface area contributed by atoms with E-state index in [9.17, 15) is 0 Å². The van der Waals surface area contributed by atoms with Crippen LogP contribution in [0, 0.1) is 0 Å². The molecule has 6 nitrogen and oxygen atoms in total. The highest BCUT2D eigenvalue weighted by molar-refractivity contribution is 7.10. The first-order valence-corrected chi connectivity index (χ1v) is 10.1. The van der Waals surface area contributed by atoms with Crippen molar-refractivity contribution in [3.05, 3.63) is 46.5 Å². The number of aromatic nitrogens is 3. The second-order valence-corrected chi connectivity index (χ2v) is 7.41. The summed E-state index contributed by atoms with van der Waals surface area (Å²) >= 11 is 1.61. The van der Waals surface area contributed by atoms with Gasteiger partial charge in [0.2, 0.25) is 0 Å². The Labute approximate surface area is 168 Å². The van der Waals surface area contributed by atoms with Crippen molar-refractivity contribution in [3.8, 4) is 22.8 Å². The summed E-state index contributed by atoms with van der Waals surface area (Å²) in [7, 11) is 3.27. The second-order valence-electron chi connectivity index (χ2n) is 6.52. The predicted octanol–water partition coefficient (Wildman–Crippen LogP) is 4.55. The van der Waals surface area contributed by atoms with Gasteiger partial charge in [-0.15, -0.1) is 11.3 Å². The topological polar surface area (TPSA) is 58.4 Å². The zero-order chi connectivity index (χ0) is 19.3. The van der Waals surface area contributed by atoms with Crippen molar-refractivity contribution in [1.29, 1.82) is 0 Å². The van der Waals surface area contributed by atoms with Crippen molar-refractivity contribution in [3.63, 3.8) is 0 Å². The highest BCUT2D eigenvalue weighted by Gasteiger charge is 2.17. The SMILES string of the molecule is COc1ccc(-c2csc(/C=C/c3ccnn3C3CCOCC3)n2)cc1OC.